The molecule has 0 saturated carbocycles. The van der Waals surface area contributed by atoms with Crippen molar-refractivity contribution in [1.29, 1.82) is 0 Å². The molecule has 0 aliphatic heterocycles. The second-order valence-corrected chi connectivity index (χ2v) is 6.90. The van der Waals surface area contributed by atoms with E-state index in [1.807, 2.05) is 6.92 Å². The molecule has 0 saturated heterocycles. The summed E-state index contributed by atoms with van der Waals surface area (Å²) in [4.78, 5) is 17.0. The topological polar surface area (TPSA) is 59.8 Å². The van der Waals surface area contributed by atoms with E-state index in [0.717, 1.165) is 5.56 Å². The highest BCUT2D eigenvalue weighted by Gasteiger charge is 2.21. The molecule has 0 bridgehead atoms. The van der Waals surface area contributed by atoms with Gasteiger partial charge in [0.05, 0.1) is 11.4 Å². The van der Waals surface area contributed by atoms with Crippen molar-refractivity contribution in [3.8, 4) is 17.1 Å². The van der Waals surface area contributed by atoms with Crippen LogP contribution in [-0.2, 0) is 0 Å². The van der Waals surface area contributed by atoms with Crippen LogP contribution in [0.3, 0.4) is 0 Å². The number of anilines is 1. The average Bonchev–Trinajstić information content (AvgIpc) is 3.17. The van der Waals surface area contributed by atoms with Gasteiger partial charge < -0.3 is 5.32 Å². The quantitative estimate of drug-likeness (QED) is 0.475. The Kier molecular flexibility index (Phi) is 5.29. The number of rotatable bonds is 4. The van der Waals surface area contributed by atoms with Gasteiger partial charge in [-0.05, 0) is 61.0 Å². The largest absolute Gasteiger partial charge is 0.317 e. The standard InChI is InChI=1S/C22H15ClF2N4O/c1-13-16(23)5-4-8-19(13)29-21(14-9-11-15(24)12-10-14)27-20(28-29)22(30)26-18-7-3-2-6-17(18)25/h2-12H,1H3,(H,26,30). The van der Waals surface area contributed by atoms with E-state index in [1.165, 1.54) is 47.1 Å². The van der Waals surface area contributed by atoms with Crippen LogP contribution in [0, 0.1) is 18.6 Å². The van der Waals surface area contributed by atoms with E-state index >= 15 is 0 Å². The zero-order valence-corrected chi connectivity index (χ0v) is 16.5. The molecule has 30 heavy (non-hydrogen) atoms. The molecule has 4 aromatic rings. The fourth-order valence-electron chi connectivity index (χ4n) is 2.93. The van der Waals surface area contributed by atoms with Gasteiger partial charge in [-0.15, -0.1) is 5.10 Å². The van der Waals surface area contributed by atoms with E-state index < -0.39 is 17.5 Å². The van der Waals surface area contributed by atoms with Crippen LogP contribution in [0.15, 0.2) is 66.7 Å². The number of nitrogens with one attached hydrogen (secondary N) is 1. The Balaban J connectivity index is 1.81. The first kappa shape index (κ1) is 19.7. The SMILES string of the molecule is Cc1c(Cl)cccc1-n1nc(C(=O)Nc2ccccc2F)nc1-c1ccc(F)cc1. The van der Waals surface area contributed by atoms with Crippen molar-refractivity contribution >= 4 is 23.2 Å². The Morgan fingerprint density at radius 3 is 2.47 bits per heavy atom. The smallest absolute Gasteiger partial charge is 0.295 e. The summed E-state index contributed by atoms with van der Waals surface area (Å²) in [6, 6.07) is 16.7. The number of hydrogen-bond acceptors (Lipinski definition) is 3. The summed E-state index contributed by atoms with van der Waals surface area (Å²) in [7, 11) is 0. The van der Waals surface area contributed by atoms with Gasteiger partial charge in [-0.3, -0.25) is 4.79 Å². The van der Waals surface area contributed by atoms with Gasteiger partial charge in [0, 0.05) is 10.6 Å². The Hall–Kier alpha value is -3.58. The molecule has 1 N–H and O–H groups in total. The van der Waals surface area contributed by atoms with Gasteiger partial charge in [-0.1, -0.05) is 29.8 Å². The van der Waals surface area contributed by atoms with Crippen molar-refractivity contribution in [3.63, 3.8) is 0 Å². The Labute approximate surface area is 176 Å². The molecule has 1 amide bonds. The monoisotopic (exact) mass is 424 g/mol. The van der Waals surface area contributed by atoms with Crippen LogP contribution in [0.4, 0.5) is 14.5 Å². The molecule has 0 unspecified atom stereocenters. The van der Waals surface area contributed by atoms with Crippen LogP contribution in [-0.4, -0.2) is 20.7 Å². The van der Waals surface area contributed by atoms with Crippen molar-refractivity contribution in [2.75, 3.05) is 5.32 Å². The normalized spacial score (nSPS) is 10.8. The molecule has 8 heteroatoms. The lowest BCUT2D eigenvalue weighted by atomic mass is 10.1. The maximum absolute atomic E-state index is 13.9. The number of para-hydroxylation sites is 1. The lowest BCUT2D eigenvalue weighted by Gasteiger charge is -2.10. The minimum absolute atomic E-state index is 0.0149. The Morgan fingerprint density at radius 1 is 1.00 bits per heavy atom. The molecule has 0 atom stereocenters. The highest BCUT2D eigenvalue weighted by molar-refractivity contribution is 6.31. The third-order valence-electron chi connectivity index (χ3n) is 4.50. The summed E-state index contributed by atoms with van der Waals surface area (Å²) >= 11 is 6.24. The fourth-order valence-corrected chi connectivity index (χ4v) is 3.10. The van der Waals surface area contributed by atoms with Crippen LogP contribution < -0.4 is 5.32 Å². The van der Waals surface area contributed by atoms with Crippen molar-refractivity contribution in [2.45, 2.75) is 6.92 Å². The highest BCUT2D eigenvalue weighted by Crippen LogP contribution is 2.27. The maximum atomic E-state index is 13.9. The predicted molar refractivity (Wildman–Crippen MR) is 111 cm³/mol. The number of benzene rings is 3. The highest BCUT2D eigenvalue weighted by atomic mass is 35.5. The number of amides is 1. The molecule has 0 radical (unpaired) electrons. The van der Waals surface area contributed by atoms with Crippen molar-refractivity contribution in [2.24, 2.45) is 0 Å². The lowest BCUT2D eigenvalue weighted by molar-refractivity contribution is 0.101. The van der Waals surface area contributed by atoms with Crippen molar-refractivity contribution < 1.29 is 13.6 Å². The van der Waals surface area contributed by atoms with E-state index in [1.54, 1.807) is 24.3 Å². The molecule has 0 spiro atoms. The molecule has 1 aromatic heterocycles. The second kappa shape index (κ2) is 8.04. The summed E-state index contributed by atoms with van der Waals surface area (Å²) < 4.78 is 28.8. The number of halogens is 3. The minimum atomic E-state index is -0.679. The summed E-state index contributed by atoms with van der Waals surface area (Å²) in [5.41, 5.74) is 1.90. The van der Waals surface area contributed by atoms with Gasteiger partial charge in [0.15, 0.2) is 5.82 Å². The third kappa shape index (κ3) is 3.79. The first-order valence-corrected chi connectivity index (χ1v) is 9.36. The number of carbonyl (C=O) groups excluding carboxylic acids is 1. The van der Waals surface area contributed by atoms with E-state index in [-0.39, 0.29) is 11.5 Å². The summed E-state index contributed by atoms with van der Waals surface area (Å²) in [5, 5.41) is 7.31. The minimum Gasteiger partial charge on any atom is -0.317 e. The van der Waals surface area contributed by atoms with E-state index in [0.29, 0.717) is 22.1 Å². The Bertz CT molecular complexity index is 1240. The molecular formula is C22H15ClF2N4O. The molecule has 150 valence electrons. The number of carbonyl (C=O) groups is 1. The van der Waals surface area contributed by atoms with E-state index in [2.05, 4.69) is 15.4 Å². The molecule has 1 heterocycles. The van der Waals surface area contributed by atoms with Crippen molar-refractivity contribution in [1.82, 2.24) is 14.8 Å². The second-order valence-electron chi connectivity index (χ2n) is 6.50. The van der Waals surface area contributed by atoms with E-state index in [9.17, 15) is 13.6 Å². The van der Waals surface area contributed by atoms with Gasteiger partial charge in [-0.25, -0.2) is 18.4 Å². The number of aromatic nitrogens is 3. The van der Waals surface area contributed by atoms with Gasteiger partial charge in [0.25, 0.3) is 5.91 Å². The zero-order valence-electron chi connectivity index (χ0n) is 15.7. The molecule has 0 aliphatic carbocycles. The van der Waals surface area contributed by atoms with Gasteiger partial charge in [-0.2, -0.15) is 0 Å². The predicted octanol–water partition coefficient (Wildman–Crippen LogP) is 5.43. The average molecular weight is 425 g/mol. The van der Waals surface area contributed by atoms with E-state index in [4.69, 9.17) is 11.6 Å². The summed E-state index contributed by atoms with van der Waals surface area (Å²) in [6.07, 6.45) is 0. The van der Waals surface area contributed by atoms with Crippen molar-refractivity contribution in [3.05, 3.63) is 94.8 Å². The summed E-state index contributed by atoms with van der Waals surface area (Å²) in [5.74, 6) is -1.51. The third-order valence-corrected chi connectivity index (χ3v) is 4.91. The fraction of sp³-hybridized carbons (Fsp3) is 0.0455. The van der Waals surface area contributed by atoms with Crippen LogP contribution in [0.1, 0.15) is 16.2 Å². The first-order chi connectivity index (χ1) is 14.4. The van der Waals surface area contributed by atoms with Gasteiger partial charge in [0.2, 0.25) is 5.82 Å². The molecule has 0 fully saturated rings. The zero-order chi connectivity index (χ0) is 21.3. The molecule has 3 aromatic carbocycles. The lowest BCUT2D eigenvalue weighted by Crippen LogP contribution is -2.15. The molecule has 5 nitrogen and oxygen atoms in total. The van der Waals surface area contributed by atoms with Crippen LogP contribution in [0.25, 0.3) is 17.1 Å². The first-order valence-electron chi connectivity index (χ1n) is 8.98. The maximum Gasteiger partial charge on any atom is 0.295 e. The number of hydrogen-bond donors (Lipinski definition) is 1. The number of nitrogens with zero attached hydrogens (tertiary/aromatic N) is 3. The van der Waals surface area contributed by atoms with Gasteiger partial charge in [0.1, 0.15) is 11.6 Å². The Morgan fingerprint density at radius 2 is 1.73 bits per heavy atom. The van der Waals surface area contributed by atoms with Crippen LogP contribution in [0.2, 0.25) is 5.02 Å². The molecule has 0 aliphatic rings. The van der Waals surface area contributed by atoms with Crippen LogP contribution >= 0.6 is 11.6 Å². The molecule has 4 rings (SSSR count). The summed E-state index contributed by atoms with van der Waals surface area (Å²) in [6.45, 7) is 1.81. The van der Waals surface area contributed by atoms with Gasteiger partial charge >= 0.3 is 0 Å². The van der Waals surface area contributed by atoms with Crippen LogP contribution in [0.5, 0.6) is 0 Å². The molecular weight excluding hydrogens is 410 g/mol.